The molecule has 3 heterocycles. The maximum atomic E-state index is 4.73. The lowest BCUT2D eigenvalue weighted by molar-refractivity contribution is 0.579. The second kappa shape index (κ2) is 4.42. The summed E-state index contributed by atoms with van der Waals surface area (Å²) in [6.07, 6.45) is 1.98. The molecule has 1 fully saturated rings. The van der Waals surface area contributed by atoms with Gasteiger partial charge < -0.3 is 5.32 Å². The van der Waals surface area contributed by atoms with Gasteiger partial charge in [0, 0.05) is 25.9 Å². The average Bonchev–Trinajstić information content (AvgIpc) is 2.68. The van der Waals surface area contributed by atoms with Crippen LogP contribution in [0.2, 0.25) is 0 Å². The van der Waals surface area contributed by atoms with E-state index in [2.05, 4.69) is 29.4 Å². The zero-order valence-corrected chi connectivity index (χ0v) is 11.0. The Morgan fingerprint density at radius 3 is 3.18 bits per heavy atom. The van der Waals surface area contributed by atoms with Crippen LogP contribution < -0.4 is 5.32 Å². The number of aromatic nitrogens is 3. The first-order valence-electron chi connectivity index (χ1n) is 6.13. The minimum atomic E-state index is 0.451. The molecule has 1 N–H and O–H groups in total. The van der Waals surface area contributed by atoms with Crippen molar-refractivity contribution >= 4 is 17.5 Å². The lowest BCUT2D eigenvalue weighted by Gasteiger charge is -2.27. The highest BCUT2D eigenvalue weighted by atomic mass is 32.2. The van der Waals surface area contributed by atoms with Gasteiger partial charge in [0.05, 0.1) is 11.0 Å². The summed E-state index contributed by atoms with van der Waals surface area (Å²) < 4.78 is 1.95. The van der Waals surface area contributed by atoms with Crippen molar-refractivity contribution in [1.82, 2.24) is 20.2 Å². The maximum absolute atomic E-state index is 4.73. The van der Waals surface area contributed by atoms with Crippen LogP contribution in [0.3, 0.4) is 0 Å². The highest BCUT2D eigenvalue weighted by Gasteiger charge is 2.29. The Labute approximate surface area is 105 Å². The minimum Gasteiger partial charge on any atom is -0.315 e. The van der Waals surface area contributed by atoms with Crippen LogP contribution in [0.5, 0.6) is 0 Å². The maximum Gasteiger partial charge on any atom is 0.212 e. The van der Waals surface area contributed by atoms with Crippen molar-refractivity contribution in [3.63, 3.8) is 0 Å². The summed E-state index contributed by atoms with van der Waals surface area (Å²) in [5.74, 6) is 1.58. The molecule has 1 aromatic heterocycles. The first-order valence-corrected chi connectivity index (χ1v) is 7.01. The molecule has 0 saturated carbocycles. The van der Waals surface area contributed by atoms with Crippen LogP contribution in [-0.4, -0.2) is 38.9 Å². The molecule has 1 atom stereocenters. The van der Waals surface area contributed by atoms with E-state index in [1.807, 2.05) is 4.68 Å². The molecular formula is C11H17N5S. The lowest BCUT2D eigenvalue weighted by atomic mass is 10.1. The molecule has 0 bridgehead atoms. The van der Waals surface area contributed by atoms with Crippen molar-refractivity contribution in [2.75, 3.05) is 13.1 Å². The predicted octanol–water partition coefficient (Wildman–Crippen LogP) is 1.15. The molecule has 2 aliphatic heterocycles. The fraction of sp³-hybridized carbons (Fsp3) is 0.727. The van der Waals surface area contributed by atoms with Crippen molar-refractivity contribution in [2.24, 2.45) is 11.0 Å². The van der Waals surface area contributed by atoms with Gasteiger partial charge in [-0.05, 0) is 5.92 Å². The predicted molar refractivity (Wildman–Crippen MR) is 68.5 cm³/mol. The number of thioether (sulfide) groups is 1. The fourth-order valence-corrected chi connectivity index (χ4v) is 3.26. The number of nitrogens with one attached hydrogen (secondary N) is 1. The summed E-state index contributed by atoms with van der Waals surface area (Å²) >= 11 is 1.78. The molecule has 1 unspecified atom stereocenters. The molecule has 6 heteroatoms. The Morgan fingerprint density at radius 2 is 2.35 bits per heavy atom. The number of nitrogens with zero attached hydrogens (tertiary/aromatic N) is 4. The molecule has 92 valence electrons. The normalized spacial score (nSPS) is 23.2. The van der Waals surface area contributed by atoms with Crippen LogP contribution in [0.4, 0.5) is 0 Å². The van der Waals surface area contributed by atoms with Crippen molar-refractivity contribution in [3.8, 4) is 0 Å². The Bertz CT molecular complexity index is 451. The molecule has 0 amide bonds. The Kier molecular flexibility index (Phi) is 2.92. The van der Waals surface area contributed by atoms with E-state index in [-0.39, 0.29) is 0 Å². The molecule has 1 aromatic rings. The van der Waals surface area contributed by atoms with Gasteiger partial charge in [0.2, 0.25) is 5.16 Å². The summed E-state index contributed by atoms with van der Waals surface area (Å²) in [7, 11) is 0. The number of piperidine rings is 1. The number of hydrogen-bond donors (Lipinski definition) is 1. The Balaban J connectivity index is 1.92. The summed E-state index contributed by atoms with van der Waals surface area (Å²) in [6, 6.07) is 0. The SMILES string of the molecule is CC(C)Cc1nnc2n1N=C1CCNCC1S2. The summed E-state index contributed by atoms with van der Waals surface area (Å²) in [5, 5.41) is 18.0. The van der Waals surface area contributed by atoms with E-state index in [9.17, 15) is 0 Å². The van der Waals surface area contributed by atoms with E-state index in [1.54, 1.807) is 11.8 Å². The van der Waals surface area contributed by atoms with Crippen LogP contribution in [0.1, 0.15) is 26.1 Å². The fourth-order valence-electron chi connectivity index (χ4n) is 2.17. The summed E-state index contributed by atoms with van der Waals surface area (Å²) in [4.78, 5) is 0. The third-order valence-corrected chi connectivity index (χ3v) is 4.19. The van der Waals surface area contributed by atoms with E-state index in [1.165, 1.54) is 5.71 Å². The van der Waals surface area contributed by atoms with Crippen molar-refractivity contribution in [2.45, 2.75) is 37.1 Å². The van der Waals surface area contributed by atoms with Crippen molar-refractivity contribution in [1.29, 1.82) is 0 Å². The zero-order valence-electron chi connectivity index (χ0n) is 10.2. The first-order chi connectivity index (χ1) is 8.24. The van der Waals surface area contributed by atoms with E-state index in [4.69, 9.17) is 5.10 Å². The Morgan fingerprint density at radius 1 is 1.47 bits per heavy atom. The van der Waals surface area contributed by atoms with Crippen LogP contribution >= 0.6 is 11.8 Å². The van der Waals surface area contributed by atoms with E-state index < -0.39 is 0 Å². The van der Waals surface area contributed by atoms with E-state index in [0.717, 1.165) is 36.9 Å². The number of rotatable bonds is 2. The lowest BCUT2D eigenvalue weighted by Crippen LogP contribution is -2.41. The molecule has 0 aromatic carbocycles. The van der Waals surface area contributed by atoms with Gasteiger partial charge in [0.25, 0.3) is 0 Å². The van der Waals surface area contributed by atoms with Gasteiger partial charge in [-0.2, -0.15) is 9.78 Å². The Hall–Kier alpha value is -0.880. The van der Waals surface area contributed by atoms with E-state index >= 15 is 0 Å². The van der Waals surface area contributed by atoms with Crippen molar-refractivity contribution < 1.29 is 0 Å². The van der Waals surface area contributed by atoms with E-state index in [0.29, 0.717) is 11.2 Å². The van der Waals surface area contributed by atoms with Gasteiger partial charge in [-0.25, -0.2) is 0 Å². The highest BCUT2D eigenvalue weighted by Crippen LogP contribution is 2.30. The molecule has 0 radical (unpaired) electrons. The minimum absolute atomic E-state index is 0.451. The van der Waals surface area contributed by atoms with Gasteiger partial charge in [-0.3, -0.25) is 0 Å². The standard InChI is InChI=1S/C11H17N5S/c1-7(2)5-10-13-14-11-16(10)15-8-3-4-12-6-9(8)17-11/h7,9,12H,3-6H2,1-2H3. The van der Waals surface area contributed by atoms with Gasteiger partial charge >= 0.3 is 0 Å². The van der Waals surface area contributed by atoms with Gasteiger partial charge in [0.1, 0.15) is 0 Å². The number of fused-ring (bicyclic) bond motifs is 2. The zero-order chi connectivity index (χ0) is 11.8. The molecule has 0 spiro atoms. The summed E-state index contributed by atoms with van der Waals surface area (Å²) in [5.41, 5.74) is 1.28. The average molecular weight is 251 g/mol. The quantitative estimate of drug-likeness (QED) is 0.856. The van der Waals surface area contributed by atoms with Crippen molar-refractivity contribution in [3.05, 3.63) is 5.82 Å². The van der Waals surface area contributed by atoms with Crippen LogP contribution in [0.15, 0.2) is 10.3 Å². The van der Waals surface area contributed by atoms with Crippen LogP contribution in [-0.2, 0) is 6.42 Å². The smallest absolute Gasteiger partial charge is 0.212 e. The number of hydrogen-bond acceptors (Lipinski definition) is 5. The van der Waals surface area contributed by atoms with Crippen LogP contribution in [0, 0.1) is 5.92 Å². The second-order valence-electron chi connectivity index (χ2n) is 4.96. The summed E-state index contributed by atoms with van der Waals surface area (Å²) in [6.45, 7) is 6.42. The molecule has 5 nitrogen and oxygen atoms in total. The second-order valence-corrected chi connectivity index (χ2v) is 6.13. The highest BCUT2D eigenvalue weighted by molar-refractivity contribution is 8.00. The van der Waals surface area contributed by atoms with Crippen LogP contribution in [0.25, 0.3) is 0 Å². The molecular weight excluding hydrogens is 234 g/mol. The van der Waals surface area contributed by atoms with Gasteiger partial charge in [-0.15, -0.1) is 10.2 Å². The van der Waals surface area contributed by atoms with Gasteiger partial charge in [-0.1, -0.05) is 25.6 Å². The molecule has 1 saturated heterocycles. The molecule has 0 aliphatic carbocycles. The van der Waals surface area contributed by atoms with Gasteiger partial charge in [0.15, 0.2) is 5.82 Å². The third kappa shape index (κ3) is 2.11. The third-order valence-electron chi connectivity index (χ3n) is 3.00. The topological polar surface area (TPSA) is 55.1 Å². The molecule has 17 heavy (non-hydrogen) atoms. The largest absolute Gasteiger partial charge is 0.315 e. The monoisotopic (exact) mass is 251 g/mol. The molecule has 2 aliphatic rings. The first kappa shape index (κ1) is 11.2. The molecule has 3 rings (SSSR count).